The molecule has 0 aliphatic heterocycles. The highest BCUT2D eigenvalue weighted by molar-refractivity contribution is 6.05. The standard InChI is InChI=1S/C13H12N2/c1-8-4-3-5-10-11-6-9(2)15-12(11)7-14-13(8)10/h3-7,15H,1-2H3. The summed E-state index contributed by atoms with van der Waals surface area (Å²) in [5.74, 6) is 0. The Morgan fingerprint density at radius 2 is 2.00 bits per heavy atom. The van der Waals surface area contributed by atoms with Gasteiger partial charge in [-0.25, -0.2) is 0 Å². The number of nitrogens with one attached hydrogen (secondary N) is 1. The summed E-state index contributed by atoms with van der Waals surface area (Å²) < 4.78 is 0. The molecule has 2 nitrogen and oxygen atoms in total. The maximum absolute atomic E-state index is 4.49. The van der Waals surface area contributed by atoms with Gasteiger partial charge in [0.25, 0.3) is 0 Å². The summed E-state index contributed by atoms with van der Waals surface area (Å²) in [6.07, 6.45) is 1.91. The molecular formula is C13H12N2. The molecule has 3 rings (SSSR count). The number of benzene rings is 1. The van der Waals surface area contributed by atoms with Crippen LogP contribution in [0.3, 0.4) is 0 Å². The predicted molar refractivity (Wildman–Crippen MR) is 63.1 cm³/mol. The van der Waals surface area contributed by atoms with Gasteiger partial charge in [0.05, 0.1) is 17.2 Å². The van der Waals surface area contributed by atoms with Gasteiger partial charge in [-0.3, -0.25) is 4.98 Å². The lowest BCUT2D eigenvalue weighted by Gasteiger charge is -2.01. The summed E-state index contributed by atoms with van der Waals surface area (Å²) in [5.41, 5.74) is 4.63. The number of aromatic amines is 1. The number of para-hydroxylation sites is 1. The molecule has 0 amide bonds. The number of rotatable bonds is 0. The van der Waals surface area contributed by atoms with Crippen LogP contribution < -0.4 is 0 Å². The summed E-state index contributed by atoms with van der Waals surface area (Å²) in [6, 6.07) is 8.49. The van der Waals surface area contributed by atoms with Crippen molar-refractivity contribution in [1.29, 1.82) is 0 Å². The third-order valence-corrected chi connectivity index (χ3v) is 2.83. The van der Waals surface area contributed by atoms with Gasteiger partial charge in [-0.1, -0.05) is 18.2 Å². The number of pyridine rings is 1. The molecule has 0 saturated carbocycles. The first-order valence-corrected chi connectivity index (χ1v) is 5.09. The van der Waals surface area contributed by atoms with Crippen molar-refractivity contribution < 1.29 is 0 Å². The summed E-state index contributed by atoms with van der Waals surface area (Å²) in [7, 11) is 0. The Labute approximate surface area is 88.0 Å². The van der Waals surface area contributed by atoms with Crippen LogP contribution in [0.25, 0.3) is 21.8 Å². The maximum Gasteiger partial charge on any atom is 0.0738 e. The minimum absolute atomic E-state index is 1.10. The second kappa shape index (κ2) is 2.83. The lowest BCUT2D eigenvalue weighted by atomic mass is 10.1. The molecule has 0 spiro atoms. The Morgan fingerprint density at radius 1 is 1.13 bits per heavy atom. The zero-order valence-electron chi connectivity index (χ0n) is 8.83. The molecular weight excluding hydrogens is 184 g/mol. The summed E-state index contributed by atoms with van der Waals surface area (Å²) in [4.78, 5) is 7.80. The molecule has 0 atom stereocenters. The monoisotopic (exact) mass is 196 g/mol. The number of aryl methyl sites for hydroxylation is 2. The maximum atomic E-state index is 4.49. The highest BCUT2D eigenvalue weighted by atomic mass is 14.8. The minimum Gasteiger partial charge on any atom is -0.357 e. The van der Waals surface area contributed by atoms with Crippen molar-refractivity contribution in [3.05, 3.63) is 41.7 Å². The fourth-order valence-corrected chi connectivity index (χ4v) is 2.11. The second-order valence-corrected chi connectivity index (χ2v) is 4.01. The number of hydrogen-bond acceptors (Lipinski definition) is 1. The number of H-pyrrole nitrogens is 1. The molecule has 2 aromatic heterocycles. The highest BCUT2D eigenvalue weighted by Gasteiger charge is 2.04. The van der Waals surface area contributed by atoms with Crippen LogP contribution in [0.5, 0.6) is 0 Å². The molecule has 1 N–H and O–H groups in total. The number of aromatic nitrogens is 2. The molecule has 15 heavy (non-hydrogen) atoms. The van der Waals surface area contributed by atoms with E-state index in [0.717, 1.165) is 11.0 Å². The zero-order chi connectivity index (χ0) is 10.4. The van der Waals surface area contributed by atoms with E-state index in [1.54, 1.807) is 0 Å². The Bertz CT molecular complexity index is 650. The van der Waals surface area contributed by atoms with Gasteiger partial charge in [0.2, 0.25) is 0 Å². The van der Waals surface area contributed by atoms with Crippen molar-refractivity contribution in [2.45, 2.75) is 13.8 Å². The van der Waals surface area contributed by atoms with Gasteiger partial charge in [-0.2, -0.15) is 0 Å². The van der Waals surface area contributed by atoms with Gasteiger partial charge in [-0.15, -0.1) is 0 Å². The fraction of sp³-hybridized carbons (Fsp3) is 0.154. The van der Waals surface area contributed by atoms with Gasteiger partial charge in [0.1, 0.15) is 0 Å². The predicted octanol–water partition coefficient (Wildman–Crippen LogP) is 3.33. The smallest absolute Gasteiger partial charge is 0.0738 e. The van der Waals surface area contributed by atoms with E-state index in [1.807, 2.05) is 6.20 Å². The summed E-state index contributed by atoms with van der Waals surface area (Å²) in [6.45, 7) is 4.17. The van der Waals surface area contributed by atoms with Crippen LogP contribution in [0.1, 0.15) is 11.3 Å². The Morgan fingerprint density at radius 3 is 2.87 bits per heavy atom. The normalized spacial score (nSPS) is 11.3. The van der Waals surface area contributed by atoms with E-state index in [1.165, 1.54) is 22.0 Å². The van der Waals surface area contributed by atoms with E-state index in [4.69, 9.17) is 0 Å². The molecule has 0 fully saturated rings. The topological polar surface area (TPSA) is 28.7 Å². The van der Waals surface area contributed by atoms with Crippen LogP contribution in [0.4, 0.5) is 0 Å². The van der Waals surface area contributed by atoms with Gasteiger partial charge in [0.15, 0.2) is 0 Å². The Kier molecular flexibility index (Phi) is 1.60. The van der Waals surface area contributed by atoms with Crippen LogP contribution in [-0.4, -0.2) is 9.97 Å². The molecule has 3 aromatic rings. The Balaban J connectivity index is 2.59. The summed E-state index contributed by atoms with van der Waals surface area (Å²) in [5, 5.41) is 2.50. The van der Waals surface area contributed by atoms with Crippen LogP contribution in [0, 0.1) is 13.8 Å². The quantitative estimate of drug-likeness (QED) is 0.587. The van der Waals surface area contributed by atoms with E-state index in [-0.39, 0.29) is 0 Å². The first-order valence-electron chi connectivity index (χ1n) is 5.09. The van der Waals surface area contributed by atoms with Crippen LogP contribution >= 0.6 is 0 Å². The molecule has 74 valence electrons. The molecule has 0 bridgehead atoms. The summed E-state index contributed by atoms with van der Waals surface area (Å²) >= 11 is 0. The van der Waals surface area contributed by atoms with Crippen molar-refractivity contribution in [2.24, 2.45) is 0 Å². The van der Waals surface area contributed by atoms with Crippen molar-refractivity contribution in [3.63, 3.8) is 0 Å². The minimum atomic E-state index is 1.10. The average molecular weight is 196 g/mol. The van der Waals surface area contributed by atoms with Crippen LogP contribution in [-0.2, 0) is 0 Å². The zero-order valence-corrected chi connectivity index (χ0v) is 8.83. The number of fused-ring (bicyclic) bond motifs is 3. The van der Waals surface area contributed by atoms with E-state index in [2.05, 4.69) is 48.1 Å². The third kappa shape index (κ3) is 1.14. The highest BCUT2D eigenvalue weighted by Crippen LogP contribution is 2.25. The fourth-order valence-electron chi connectivity index (χ4n) is 2.11. The second-order valence-electron chi connectivity index (χ2n) is 4.01. The van der Waals surface area contributed by atoms with Gasteiger partial charge in [-0.05, 0) is 25.5 Å². The van der Waals surface area contributed by atoms with Crippen LogP contribution in [0.15, 0.2) is 30.5 Å². The first-order chi connectivity index (χ1) is 7.25. The van der Waals surface area contributed by atoms with Gasteiger partial charge < -0.3 is 4.98 Å². The van der Waals surface area contributed by atoms with Gasteiger partial charge >= 0.3 is 0 Å². The molecule has 0 unspecified atom stereocenters. The third-order valence-electron chi connectivity index (χ3n) is 2.83. The van der Waals surface area contributed by atoms with Gasteiger partial charge in [0, 0.05) is 16.5 Å². The number of hydrogen-bond donors (Lipinski definition) is 1. The molecule has 0 radical (unpaired) electrons. The molecule has 0 saturated heterocycles. The van der Waals surface area contributed by atoms with E-state index < -0.39 is 0 Å². The lowest BCUT2D eigenvalue weighted by molar-refractivity contribution is 1.29. The Hall–Kier alpha value is -1.83. The first kappa shape index (κ1) is 8.48. The number of nitrogens with zero attached hydrogens (tertiary/aromatic N) is 1. The molecule has 2 heterocycles. The van der Waals surface area contributed by atoms with Crippen molar-refractivity contribution in [3.8, 4) is 0 Å². The molecule has 0 aliphatic rings. The average Bonchev–Trinajstić information content (AvgIpc) is 2.59. The van der Waals surface area contributed by atoms with Crippen molar-refractivity contribution in [2.75, 3.05) is 0 Å². The van der Waals surface area contributed by atoms with Crippen LogP contribution in [0.2, 0.25) is 0 Å². The SMILES string of the molecule is Cc1cc2c(cnc3c(C)cccc32)[nH]1. The van der Waals surface area contributed by atoms with Crippen molar-refractivity contribution in [1.82, 2.24) is 9.97 Å². The van der Waals surface area contributed by atoms with Crippen molar-refractivity contribution >= 4 is 21.8 Å². The molecule has 2 heteroatoms. The van der Waals surface area contributed by atoms with E-state index in [0.29, 0.717) is 0 Å². The van der Waals surface area contributed by atoms with E-state index in [9.17, 15) is 0 Å². The van der Waals surface area contributed by atoms with E-state index >= 15 is 0 Å². The molecule has 0 aliphatic carbocycles. The largest absolute Gasteiger partial charge is 0.357 e. The molecule has 1 aromatic carbocycles. The lowest BCUT2D eigenvalue weighted by Crippen LogP contribution is -1.83.